The van der Waals surface area contributed by atoms with Crippen LogP contribution in [0.15, 0.2) is 29.0 Å². The van der Waals surface area contributed by atoms with Gasteiger partial charge >= 0.3 is 5.97 Å². The number of carboxylic acids is 1. The van der Waals surface area contributed by atoms with E-state index in [1.54, 1.807) is 6.20 Å². The van der Waals surface area contributed by atoms with Gasteiger partial charge in [-0.05, 0) is 40.6 Å². The van der Waals surface area contributed by atoms with E-state index in [4.69, 9.17) is 5.11 Å². The number of imidazole rings is 1. The van der Waals surface area contributed by atoms with Gasteiger partial charge in [0.2, 0.25) is 0 Å². The molecule has 0 amide bonds. The highest BCUT2D eigenvalue weighted by Crippen LogP contribution is 2.19. The van der Waals surface area contributed by atoms with Gasteiger partial charge in [0.1, 0.15) is 0 Å². The number of fused-ring (bicyclic) bond motifs is 1. The van der Waals surface area contributed by atoms with Gasteiger partial charge in [0, 0.05) is 18.5 Å². The maximum atomic E-state index is 10.4. The molecule has 0 atom stereocenters. The third-order valence-corrected chi connectivity index (χ3v) is 2.64. The third-order valence-electron chi connectivity index (χ3n) is 2.06. The highest BCUT2D eigenvalue weighted by atomic mass is 79.9. The van der Waals surface area contributed by atoms with E-state index in [1.165, 1.54) is 6.08 Å². The fraction of sp³-hybridized carbons (Fsp3) is 0.0909. The van der Waals surface area contributed by atoms with Gasteiger partial charge in [-0.2, -0.15) is 0 Å². The van der Waals surface area contributed by atoms with Gasteiger partial charge in [-0.3, -0.25) is 0 Å². The van der Waals surface area contributed by atoms with Crippen LogP contribution in [-0.4, -0.2) is 20.5 Å². The number of carbonyl (C=O) groups is 1. The minimum absolute atomic E-state index is 0.619. The highest BCUT2D eigenvalue weighted by molar-refractivity contribution is 9.10. The van der Waals surface area contributed by atoms with E-state index < -0.39 is 5.97 Å². The van der Waals surface area contributed by atoms with Crippen LogP contribution < -0.4 is 0 Å². The second-order valence-corrected chi connectivity index (χ2v) is 4.29. The van der Waals surface area contributed by atoms with Gasteiger partial charge in [-0.1, -0.05) is 0 Å². The topological polar surface area (TPSA) is 54.6 Å². The Kier molecular flexibility index (Phi) is 2.78. The number of hydrogen-bond acceptors (Lipinski definition) is 2. The highest BCUT2D eigenvalue weighted by Gasteiger charge is 2.03. The van der Waals surface area contributed by atoms with Crippen molar-refractivity contribution in [3.63, 3.8) is 0 Å². The van der Waals surface area contributed by atoms with Gasteiger partial charge < -0.3 is 9.51 Å². The largest absolute Gasteiger partial charge is 0.478 e. The number of aryl methyl sites for hydroxylation is 1. The standard InChI is InChI=1S/C11H9BrN2O2/c1-7-4-9(12)11-13-8(2-3-10(15)16)6-14(11)5-7/h2-6H,1H3,(H,15,16)/b3-2+. The van der Waals surface area contributed by atoms with E-state index in [0.717, 1.165) is 21.8 Å². The molecule has 2 heterocycles. The van der Waals surface area contributed by atoms with Crippen LogP contribution >= 0.6 is 15.9 Å². The van der Waals surface area contributed by atoms with Crippen LogP contribution in [0.3, 0.4) is 0 Å². The molecule has 2 rings (SSSR count). The zero-order valence-electron chi connectivity index (χ0n) is 8.51. The number of nitrogens with zero attached hydrogens (tertiary/aromatic N) is 2. The summed E-state index contributed by atoms with van der Waals surface area (Å²) in [4.78, 5) is 14.7. The summed E-state index contributed by atoms with van der Waals surface area (Å²) in [6, 6.07) is 1.97. The monoisotopic (exact) mass is 280 g/mol. The number of aromatic nitrogens is 2. The molecule has 0 spiro atoms. The molecule has 0 aliphatic heterocycles. The van der Waals surface area contributed by atoms with Crippen molar-refractivity contribution in [1.82, 2.24) is 9.38 Å². The predicted molar refractivity (Wildman–Crippen MR) is 64.3 cm³/mol. The minimum atomic E-state index is -0.979. The van der Waals surface area contributed by atoms with Crippen LogP contribution in [0.25, 0.3) is 11.7 Å². The van der Waals surface area contributed by atoms with E-state index in [-0.39, 0.29) is 0 Å². The SMILES string of the molecule is Cc1cc(Br)c2nc(/C=C/C(=O)O)cn2c1. The number of halogens is 1. The molecule has 4 nitrogen and oxygen atoms in total. The Morgan fingerprint density at radius 3 is 3.00 bits per heavy atom. The quantitative estimate of drug-likeness (QED) is 0.860. The third kappa shape index (κ3) is 2.14. The van der Waals surface area contributed by atoms with Crippen LogP contribution in [0.4, 0.5) is 0 Å². The van der Waals surface area contributed by atoms with Crippen molar-refractivity contribution < 1.29 is 9.90 Å². The summed E-state index contributed by atoms with van der Waals surface area (Å²) in [6.45, 7) is 1.98. The van der Waals surface area contributed by atoms with Gasteiger partial charge in [0.25, 0.3) is 0 Å². The van der Waals surface area contributed by atoms with Gasteiger partial charge in [-0.25, -0.2) is 9.78 Å². The van der Waals surface area contributed by atoms with Crippen molar-refractivity contribution in [3.05, 3.63) is 40.3 Å². The first kappa shape index (κ1) is 10.9. The van der Waals surface area contributed by atoms with E-state index in [0.29, 0.717) is 5.69 Å². The molecular formula is C11H9BrN2O2. The maximum absolute atomic E-state index is 10.4. The number of pyridine rings is 1. The van der Waals surface area contributed by atoms with Crippen LogP contribution in [0.5, 0.6) is 0 Å². The maximum Gasteiger partial charge on any atom is 0.328 e. The smallest absolute Gasteiger partial charge is 0.328 e. The fourth-order valence-electron chi connectivity index (χ4n) is 1.45. The van der Waals surface area contributed by atoms with Crippen LogP contribution in [0.2, 0.25) is 0 Å². The van der Waals surface area contributed by atoms with Crippen molar-refractivity contribution in [2.24, 2.45) is 0 Å². The summed E-state index contributed by atoms with van der Waals surface area (Å²) in [5.41, 5.74) is 2.50. The van der Waals surface area contributed by atoms with E-state index >= 15 is 0 Å². The molecule has 0 saturated heterocycles. The lowest BCUT2D eigenvalue weighted by Gasteiger charge is -1.97. The lowest BCUT2D eigenvalue weighted by molar-refractivity contribution is -0.131. The Bertz CT molecular complexity index is 587. The number of carboxylic acid groups (broad SMARTS) is 1. The molecule has 0 saturated carbocycles. The first-order valence-electron chi connectivity index (χ1n) is 4.62. The normalized spacial score (nSPS) is 11.4. The van der Waals surface area contributed by atoms with Crippen molar-refractivity contribution in [1.29, 1.82) is 0 Å². The summed E-state index contributed by atoms with van der Waals surface area (Å²) in [5, 5.41) is 8.52. The average molecular weight is 281 g/mol. The van der Waals surface area contributed by atoms with Gasteiger partial charge in [0.15, 0.2) is 5.65 Å². The molecule has 2 aromatic rings. The Morgan fingerprint density at radius 2 is 2.31 bits per heavy atom. The van der Waals surface area contributed by atoms with Crippen molar-refractivity contribution in [2.45, 2.75) is 6.92 Å². The van der Waals surface area contributed by atoms with Crippen LogP contribution in [0.1, 0.15) is 11.3 Å². The summed E-state index contributed by atoms with van der Waals surface area (Å²) in [5.74, 6) is -0.979. The van der Waals surface area contributed by atoms with Crippen LogP contribution in [0, 0.1) is 6.92 Å². The number of rotatable bonds is 2. The summed E-state index contributed by atoms with van der Waals surface area (Å²) in [6.07, 6.45) is 6.26. The van der Waals surface area contributed by atoms with Crippen molar-refractivity contribution >= 4 is 33.6 Å². The Hall–Kier alpha value is -1.62. The molecule has 0 radical (unpaired) electrons. The first-order valence-corrected chi connectivity index (χ1v) is 5.41. The fourth-order valence-corrected chi connectivity index (χ4v) is 2.10. The van der Waals surface area contributed by atoms with Crippen molar-refractivity contribution in [2.75, 3.05) is 0 Å². The first-order chi connectivity index (χ1) is 7.56. The molecule has 0 bridgehead atoms. The molecule has 1 N–H and O–H groups in total. The molecule has 2 aromatic heterocycles. The molecule has 5 heteroatoms. The molecule has 0 aromatic carbocycles. The zero-order valence-corrected chi connectivity index (χ0v) is 10.1. The number of aliphatic carboxylic acids is 1. The van der Waals surface area contributed by atoms with Gasteiger partial charge in [0.05, 0.1) is 10.2 Å². The molecule has 0 aliphatic carbocycles. The van der Waals surface area contributed by atoms with Gasteiger partial charge in [-0.15, -0.1) is 0 Å². The zero-order chi connectivity index (χ0) is 11.7. The second kappa shape index (κ2) is 4.09. The molecule has 0 fully saturated rings. The summed E-state index contributed by atoms with van der Waals surface area (Å²) < 4.78 is 2.75. The Labute approximate surface area is 100 Å². The molecular weight excluding hydrogens is 272 g/mol. The lowest BCUT2D eigenvalue weighted by Crippen LogP contribution is -1.85. The second-order valence-electron chi connectivity index (χ2n) is 3.43. The Balaban J connectivity index is 2.52. The molecule has 16 heavy (non-hydrogen) atoms. The predicted octanol–water partition coefficient (Wildman–Crippen LogP) is 2.50. The van der Waals surface area contributed by atoms with E-state index in [2.05, 4.69) is 20.9 Å². The Morgan fingerprint density at radius 1 is 1.56 bits per heavy atom. The average Bonchev–Trinajstić information content (AvgIpc) is 2.57. The molecule has 0 unspecified atom stereocenters. The number of hydrogen-bond donors (Lipinski definition) is 1. The summed E-state index contributed by atoms with van der Waals surface area (Å²) >= 11 is 3.42. The van der Waals surface area contributed by atoms with Crippen LogP contribution in [-0.2, 0) is 4.79 Å². The van der Waals surface area contributed by atoms with E-state index in [1.807, 2.05) is 23.6 Å². The minimum Gasteiger partial charge on any atom is -0.478 e. The van der Waals surface area contributed by atoms with E-state index in [9.17, 15) is 4.79 Å². The van der Waals surface area contributed by atoms with Crippen molar-refractivity contribution in [3.8, 4) is 0 Å². The lowest BCUT2D eigenvalue weighted by atomic mass is 10.3. The molecule has 82 valence electrons. The molecule has 0 aliphatic rings. The summed E-state index contributed by atoms with van der Waals surface area (Å²) in [7, 11) is 0.